The van der Waals surface area contributed by atoms with Gasteiger partial charge >= 0.3 is 0 Å². The summed E-state index contributed by atoms with van der Waals surface area (Å²) in [6, 6.07) is 24.6. The standard InChI is InChI=1S/C34H12B10S/c35-25-23(26(36)30(40)33(43)29(25)39)20-12-14-11-13(9-10-19(14)45-20)21-15-5-1-3-7-17(15)22(18-8-4-2-6-16(18)21)24-27(37)31(41)34(44)32(42)28(24)38/h1-12H. The van der Waals surface area contributed by atoms with E-state index < -0.39 is 0 Å². The van der Waals surface area contributed by atoms with E-state index in [-0.39, 0.29) is 43.7 Å². The molecular weight excluding hydrogens is 549 g/mol. The first-order chi connectivity index (χ1) is 21.5. The number of hydrogen-bond acceptors (Lipinski definition) is 1. The third-order valence-corrected chi connectivity index (χ3v) is 9.77. The maximum atomic E-state index is 6.60. The van der Waals surface area contributed by atoms with Crippen molar-refractivity contribution in [1.29, 1.82) is 0 Å². The molecule has 0 aliphatic carbocycles. The normalized spacial score (nSPS) is 11.6. The van der Waals surface area contributed by atoms with E-state index in [0.29, 0.717) is 22.1 Å². The van der Waals surface area contributed by atoms with Gasteiger partial charge < -0.3 is 0 Å². The molecular formula is C34H12B10S. The smallest absolute Gasteiger partial charge is 0.113 e. The van der Waals surface area contributed by atoms with Gasteiger partial charge in [0, 0.05) is 9.58 Å². The molecule has 0 aliphatic heterocycles. The van der Waals surface area contributed by atoms with Crippen molar-refractivity contribution in [1.82, 2.24) is 0 Å². The summed E-state index contributed by atoms with van der Waals surface area (Å²) in [5.41, 5.74) is 6.45. The Kier molecular flexibility index (Phi) is 7.40. The Bertz CT molecular complexity index is 2280. The van der Waals surface area contributed by atoms with Crippen LogP contribution in [-0.2, 0) is 0 Å². The largest absolute Gasteiger partial charge is 0.135 e. The summed E-state index contributed by atoms with van der Waals surface area (Å²) in [5, 5.41) is 4.88. The van der Waals surface area contributed by atoms with Crippen LogP contribution in [0.5, 0.6) is 0 Å². The van der Waals surface area contributed by atoms with E-state index in [1.54, 1.807) is 11.3 Å². The van der Waals surface area contributed by atoms with Crippen molar-refractivity contribution in [3.8, 4) is 32.7 Å². The highest BCUT2D eigenvalue weighted by molar-refractivity contribution is 7.22. The molecule has 1 heterocycles. The van der Waals surface area contributed by atoms with Crippen LogP contribution in [0.4, 0.5) is 0 Å². The third-order valence-electron chi connectivity index (χ3n) is 8.63. The molecule has 7 aromatic rings. The quantitative estimate of drug-likeness (QED) is 0.176. The van der Waals surface area contributed by atoms with E-state index in [4.69, 9.17) is 78.5 Å². The average Bonchev–Trinajstić information content (AvgIpc) is 3.47. The summed E-state index contributed by atoms with van der Waals surface area (Å²) in [6.07, 6.45) is 0. The predicted molar refractivity (Wildman–Crippen MR) is 207 cm³/mol. The van der Waals surface area contributed by atoms with Gasteiger partial charge in [-0.2, -0.15) is 0 Å². The maximum absolute atomic E-state index is 6.60. The van der Waals surface area contributed by atoms with Gasteiger partial charge in [-0.05, 0) is 72.9 Å². The number of hydrogen-bond donors (Lipinski definition) is 0. The van der Waals surface area contributed by atoms with Crippen molar-refractivity contribution >= 4 is 176 Å². The molecule has 20 radical (unpaired) electrons. The van der Waals surface area contributed by atoms with Crippen LogP contribution >= 0.6 is 11.3 Å². The summed E-state index contributed by atoms with van der Waals surface area (Å²) >= 11 is 1.55. The van der Waals surface area contributed by atoms with E-state index in [1.807, 2.05) is 42.5 Å². The highest BCUT2D eigenvalue weighted by Gasteiger charge is 2.21. The fraction of sp³-hybridized carbons (Fsp3) is 0. The highest BCUT2D eigenvalue weighted by Crippen LogP contribution is 2.44. The van der Waals surface area contributed by atoms with E-state index in [1.165, 1.54) is 0 Å². The minimum Gasteiger partial charge on any atom is -0.135 e. The monoisotopic (exact) mass is 562 g/mol. The minimum absolute atomic E-state index is 0.176. The summed E-state index contributed by atoms with van der Waals surface area (Å²) in [4.78, 5) is 0.838. The van der Waals surface area contributed by atoms with Crippen molar-refractivity contribution in [2.45, 2.75) is 0 Å². The molecule has 0 amide bonds. The third kappa shape index (κ3) is 4.49. The second kappa shape index (κ2) is 11.1. The van der Waals surface area contributed by atoms with Crippen molar-refractivity contribution < 1.29 is 0 Å². The number of rotatable bonds is 3. The molecule has 0 bridgehead atoms. The SMILES string of the molecule is [B]c1c([B])c([B])c(-c2cc3cc(-c4c5ccccc5c(-c5c([B])c([B])c([B])c([B])c5[B])c5ccccc45)ccc3s2)c([B])c1[B]. The highest BCUT2D eigenvalue weighted by atomic mass is 32.1. The van der Waals surface area contributed by atoms with Crippen molar-refractivity contribution in [3.63, 3.8) is 0 Å². The molecule has 0 unspecified atom stereocenters. The van der Waals surface area contributed by atoms with Gasteiger partial charge in [-0.3, -0.25) is 0 Å². The van der Waals surface area contributed by atoms with Crippen LogP contribution in [0.2, 0.25) is 0 Å². The molecule has 45 heavy (non-hydrogen) atoms. The molecule has 0 spiro atoms. The van der Waals surface area contributed by atoms with Gasteiger partial charge in [0.25, 0.3) is 0 Å². The molecule has 0 atom stereocenters. The molecule has 0 saturated heterocycles. The van der Waals surface area contributed by atoms with Gasteiger partial charge in [0.1, 0.15) is 78.5 Å². The van der Waals surface area contributed by atoms with Crippen LogP contribution in [0.15, 0.2) is 72.8 Å². The second-order valence-electron chi connectivity index (χ2n) is 11.1. The first-order valence-corrected chi connectivity index (χ1v) is 14.8. The maximum Gasteiger partial charge on any atom is 0.113 e. The van der Waals surface area contributed by atoms with Gasteiger partial charge in [0.05, 0.1) is 0 Å². The zero-order valence-corrected chi connectivity index (χ0v) is 24.9. The topological polar surface area (TPSA) is 0 Å². The van der Waals surface area contributed by atoms with Gasteiger partial charge in [0.2, 0.25) is 0 Å². The van der Waals surface area contributed by atoms with E-state index >= 15 is 0 Å². The van der Waals surface area contributed by atoms with E-state index in [0.717, 1.165) is 53.2 Å². The Balaban J connectivity index is 1.52. The first-order valence-electron chi connectivity index (χ1n) is 14.0. The lowest BCUT2D eigenvalue weighted by atomic mass is 9.59. The van der Waals surface area contributed by atoms with Crippen molar-refractivity contribution in [2.75, 3.05) is 0 Å². The molecule has 0 nitrogen and oxygen atoms in total. The van der Waals surface area contributed by atoms with Gasteiger partial charge in [-0.25, -0.2) is 0 Å². The van der Waals surface area contributed by atoms with Crippen molar-refractivity contribution in [2.24, 2.45) is 0 Å². The Morgan fingerprint density at radius 3 is 1.22 bits per heavy atom. The lowest BCUT2D eigenvalue weighted by molar-refractivity contribution is 1.71. The molecule has 0 aliphatic rings. The van der Waals surface area contributed by atoms with Crippen LogP contribution in [0.1, 0.15) is 0 Å². The summed E-state index contributed by atoms with van der Waals surface area (Å²) in [6.45, 7) is 0. The summed E-state index contributed by atoms with van der Waals surface area (Å²) in [5.74, 6) is 0. The molecule has 11 heteroatoms. The van der Waals surface area contributed by atoms with Crippen LogP contribution in [0, 0.1) is 0 Å². The molecule has 1 aromatic heterocycles. The van der Waals surface area contributed by atoms with E-state index in [2.05, 4.69) is 30.3 Å². The van der Waals surface area contributed by atoms with Gasteiger partial charge in [-0.15, -0.1) is 44.1 Å². The van der Waals surface area contributed by atoms with Gasteiger partial charge in [-0.1, -0.05) is 76.4 Å². The predicted octanol–water partition coefficient (Wildman–Crippen LogP) is -1.85. The second-order valence-corrected chi connectivity index (χ2v) is 12.2. The van der Waals surface area contributed by atoms with Crippen molar-refractivity contribution in [3.05, 3.63) is 72.8 Å². The lowest BCUT2D eigenvalue weighted by Crippen LogP contribution is -2.55. The number of thiophene rings is 1. The van der Waals surface area contributed by atoms with Gasteiger partial charge in [0.15, 0.2) is 0 Å². The number of benzene rings is 6. The Morgan fingerprint density at radius 2 is 0.756 bits per heavy atom. The van der Waals surface area contributed by atoms with Crippen LogP contribution in [0.25, 0.3) is 64.3 Å². The fourth-order valence-electron chi connectivity index (χ4n) is 6.26. The van der Waals surface area contributed by atoms with Crippen LogP contribution in [-0.4, -0.2) is 78.5 Å². The first kappa shape index (κ1) is 30.1. The summed E-state index contributed by atoms with van der Waals surface area (Å²) in [7, 11) is 63.1. The Labute approximate surface area is 280 Å². The summed E-state index contributed by atoms with van der Waals surface area (Å²) < 4.78 is 1.04. The Morgan fingerprint density at radius 1 is 0.356 bits per heavy atom. The molecule has 0 fully saturated rings. The van der Waals surface area contributed by atoms with E-state index in [9.17, 15) is 0 Å². The average molecular weight is 561 g/mol. The zero-order chi connectivity index (χ0) is 31.9. The molecule has 0 N–H and O–H groups in total. The molecule has 184 valence electrons. The fourth-order valence-corrected chi connectivity index (χ4v) is 7.38. The van der Waals surface area contributed by atoms with Crippen LogP contribution < -0.4 is 54.6 Å². The molecule has 0 saturated carbocycles. The molecule has 6 aromatic carbocycles. The number of fused-ring (bicyclic) bond motifs is 3. The van der Waals surface area contributed by atoms with Crippen LogP contribution in [0.3, 0.4) is 0 Å². The Hall–Kier alpha value is -3.55. The molecule has 7 rings (SSSR count). The lowest BCUT2D eigenvalue weighted by Gasteiger charge is -2.25. The zero-order valence-electron chi connectivity index (χ0n) is 24.1. The minimum atomic E-state index is 0.176.